The summed E-state index contributed by atoms with van der Waals surface area (Å²) in [4.78, 5) is 0. The average molecular weight is 210 g/mol. The van der Waals surface area contributed by atoms with Crippen LogP contribution in [-0.4, -0.2) is 25.3 Å². The van der Waals surface area contributed by atoms with Crippen molar-refractivity contribution in [3.05, 3.63) is 0 Å². The van der Waals surface area contributed by atoms with E-state index >= 15 is 0 Å². The first-order valence-corrected chi connectivity index (χ1v) is 5.99. The Labute approximate surface area is 92.8 Å². The van der Waals surface area contributed by atoms with E-state index in [9.17, 15) is 0 Å². The highest BCUT2D eigenvalue weighted by Gasteiger charge is 2.24. The summed E-state index contributed by atoms with van der Waals surface area (Å²) < 4.78 is 5.54. The molecule has 1 aliphatic carbocycles. The van der Waals surface area contributed by atoms with Crippen LogP contribution in [0.1, 0.15) is 39.5 Å². The summed E-state index contributed by atoms with van der Waals surface area (Å²) in [6.45, 7) is 5.68. The van der Waals surface area contributed by atoms with Crippen molar-refractivity contribution in [2.75, 3.05) is 13.2 Å². The lowest BCUT2D eigenvalue weighted by molar-refractivity contribution is 0.0926. The van der Waals surface area contributed by atoms with E-state index in [4.69, 9.17) is 10.00 Å². The number of rotatable bonds is 8. The van der Waals surface area contributed by atoms with E-state index in [2.05, 4.69) is 25.2 Å². The quantitative estimate of drug-likeness (QED) is 0.667. The maximum Gasteiger partial charge on any atom is 0.119 e. The van der Waals surface area contributed by atoms with Crippen molar-refractivity contribution < 1.29 is 4.74 Å². The summed E-state index contributed by atoms with van der Waals surface area (Å²) in [6.07, 6.45) is 4.83. The van der Waals surface area contributed by atoms with Crippen LogP contribution in [0.4, 0.5) is 0 Å². The minimum atomic E-state index is -0.119. The van der Waals surface area contributed by atoms with Crippen molar-refractivity contribution in [3.63, 3.8) is 0 Å². The van der Waals surface area contributed by atoms with Crippen LogP contribution in [0.3, 0.4) is 0 Å². The first kappa shape index (κ1) is 12.5. The second kappa shape index (κ2) is 6.81. The Kier molecular flexibility index (Phi) is 5.67. The Morgan fingerprint density at radius 1 is 1.47 bits per heavy atom. The van der Waals surface area contributed by atoms with Crippen LogP contribution in [0, 0.1) is 17.2 Å². The van der Waals surface area contributed by atoms with Gasteiger partial charge in [0.2, 0.25) is 0 Å². The fourth-order valence-electron chi connectivity index (χ4n) is 1.62. The predicted molar refractivity (Wildman–Crippen MR) is 60.4 cm³/mol. The molecule has 3 heteroatoms. The van der Waals surface area contributed by atoms with E-state index in [1.807, 2.05) is 0 Å². The van der Waals surface area contributed by atoms with Crippen molar-refractivity contribution >= 4 is 0 Å². The Balaban J connectivity index is 2.03. The molecule has 0 spiro atoms. The van der Waals surface area contributed by atoms with Gasteiger partial charge < -0.3 is 4.74 Å². The van der Waals surface area contributed by atoms with Gasteiger partial charge in [0.15, 0.2) is 0 Å². The summed E-state index contributed by atoms with van der Waals surface area (Å²) >= 11 is 0. The SMILES string of the molecule is CCCC(C)COCC(C#N)NC1CC1. The van der Waals surface area contributed by atoms with Crippen molar-refractivity contribution in [3.8, 4) is 6.07 Å². The normalized spacial score (nSPS) is 19.5. The summed E-state index contributed by atoms with van der Waals surface area (Å²) in [5, 5.41) is 12.1. The monoisotopic (exact) mass is 210 g/mol. The fourth-order valence-corrected chi connectivity index (χ4v) is 1.62. The lowest BCUT2D eigenvalue weighted by Crippen LogP contribution is -2.34. The largest absolute Gasteiger partial charge is 0.378 e. The minimum Gasteiger partial charge on any atom is -0.378 e. The van der Waals surface area contributed by atoms with Crippen LogP contribution in [0.2, 0.25) is 0 Å². The zero-order valence-corrected chi connectivity index (χ0v) is 9.83. The van der Waals surface area contributed by atoms with Gasteiger partial charge in [-0.2, -0.15) is 5.26 Å². The molecule has 0 bridgehead atoms. The molecular formula is C12H22N2O. The zero-order chi connectivity index (χ0) is 11.1. The Bertz CT molecular complexity index is 208. The van der Waals surface area contributed by atoms with Crippen molar-refractivity contribution in [2.24, 2.45) is 5.92 Å². The molecular weight excluding hydrogens is 188 g/mol. The lowest BCUT2D eigenvalue weighted by Gasteiger charge is -2.14. The molecule has 0 aliphatic heterocycles. The van der Waals surface area contributed by atoms with Gasteiger partial charge in [0.05, 0.1) is 12.7 Å². The van der Waals surface area contributed by atoms with E-state index in [1.165, 1.54) is 25.7 Å². The summed E-state index contributed by atoms with van der Waals surface area (Å²) in [5.41, 5.74) is 0. The minimum absolute atomic E-state index is 0.119. The molecule has 0 saturated heterocycles. The molecule has 1 saturated carbocycles. The molecule has 0 aromatic heterocycles. The molecule has 0 amide bonds. The van der Waals surface area contributed by atoms with Gasteiger partial charge in [-0.3, -0.25) is 5.32 Å². The van der Waals surface area contributed by atoms with Crippen LogP contribution in [0.5, 0.6) is 0 Å². The first-order valence-electron chi connectivity index (χ1n) is 5.99. The third kappa shape index (κ3) is 5.76. The van der Waals surface area contributed by atoms with Gasteiger partial charge in [-0.15, -0.1) is 0 Å². The number of hydrogen-bond donors (Lipinski definition) is 1. The molecule has 3 nitrogen and oxygen atoms in total. The predicted octanol–water partition coefficient (Wildman–Crippen LogP) is 2.08. The Morgan fingerprint density at radius 2 is 2.20 bits per heavy atom. The van der Waals surface area contributed by atoms with Gasteiger partial charge in [-0.05, 0) is 25.2 Å². The molecule has 1 N–H and O–H groups in total. The summed E-state index contributed by atoms with van der Waals surface area (Å²) in [5.74, 6) is 0.607. The molecule has 2 atom stereocenters. The molecule has 1 rings (SSSR count). The van der Waals surface area contributed by atoms with Gasteiger partial charge in [-0.1, -0.05) is 20.3 Å². The second-order valence-corrected chi connectivity index (χ2v) is 4.55. The number of nitrogens with one attached hydrogen (secondary N) is 1. The maximum absolute atomic E-state index is 8.88. The van der Waals surface area contributed by atoms with Crippen molar-refractivity contribution in [2.45, 2.75) is 51.6 Å². The molecule has 0 radical (unpaired) electrons. The van der Waals surface area contributed by atoms with Gasteiger partial charge >= 0.3 is 0 Å². The molecule has 2 unspecified atom stereocenters. The maximum atomic E-state index is 8.88. The second-order valence-electron chi connectivity index (χ2n) is 4.55. The van der Waals surface area contributed by atoms with E-state index in [1.54, 1.807) is 0 Å². The number of nitrogens with zero attached hydrogens (tertiary/aromatic N) is 1. The van der Waals surface area contributed by atoms with E-state index in [-0.39, 0.29) is 6.04 Å². The van der Waals surface area contributed by atoms with Gasteiger partial charge in [-0.25, -0.2) is 0 Å². The molecule has 0 heterocycles. The number of ether oxygens (including phenoxy) is 1. The fraction of sp³-hybridized carbons (Fsp3) is 0.917. The third-order valence-corrected chi connectivity index (χ3v) is 2.64. The van der Waals surface area contributed by atoms with E-state index in [0.29, 0.717) is 18.6 Å². The Morgan fingerprint density at radius 3 is 2.73 bits per heavy atom. The van der Waals surface area contributed by atoms with Crippen LogP contribution >= 0.6 is 0 Å². The molecule has 15 heavy (non-hydrogen) atoms. The van der Waals surface area contributed by atoms with Crippen LogP contribution in [0.25, 0.3) is 0 Å². The van der Waals surface area contributed by atoms with E-state index in [0.717, 1.165) is 6.61 Å². The van der Waals surface area contributed by atoms with Gasteiger partial charge in [0.1, 0.15) is 6.04 Å². The number of hydrogen-bond acceptors (Lipinski definition) is 3. The molecule has 1 aliphatic rings. The van der Waals surface area contributed by atoms with Crippen LogP contribution < -0.4 is 5.32 Å². The van der Waals surface area contributed by atoms with Crippen molar-refractivity contribution in [1.29, 1.82) is 5.26 Å². The van der Waals surface area contributed by atoms with Crippen molar-refractivity contribution in [1.82, 2.24) is 5.32 Å². The average Bonchev–Trinajstić information content (AvgIpc) is 3.00. The summed E-state index contributed by atoms with van der Waals surface area (Å²) in [6, 6.07) is 2.70. The van der Waals surface area contributed by atoms with Gasteiger partial charge in [0.25, 0.3) is 0 Å². The van der Waals surface area contributed by atoms with E-state index < -0.39 is 0 Å². The third-order valence-electron chi connectivity index (χ3n) is 2.64. The van der Waals surface area contributed by atoms with Gasteiger partial charge in [0, 0.05) is 12.6 Å². The highest BCUT2D eigenvalue weighted by atomic mass is 16.5. The highest BCUT2D eigenvalue weighted by Crippen LogP contribution is 2.19. The lowest BCUT2D eigenvalue weighted by atomic mass is 10.1. The number of nitriles is 1. The summed E-state index contributed by atoms with van der Waals surface area (Å²) in [7, 11) is 0. The highest BCUT2D eigenvalue weighted by molar-refractivity contribution is 4.95. The van der Waals surface area contributed by atoms with Crippen LogP contribution in [0.15, 0.2) is 0 Å². The first-order chi connectivity index (χ1) is 7.26. The topological polar surface area (TPSA) is 45.0 Å². The molecule has 86 valence electrons. The zero-order valence-electron chi connectivity index (χ0n) is 9.83. The smallest absolute Gasteiger partial charge is 0.119 e. The molecule has 1 fully saturated rings. The molecule has 0 aromatic rings. The standard InChI is InChI=1S/C12H22N2O/c1-3-4-10(2)8-15-9-12(7-13)14-11-5-6-11/h10-12,14H,3-6,8-9H2,1-2H3. The molecule has 0 aromatic carbocycles. The Hall–Kier alpha value is -0.590. The van der Waals surface area contributed by atoms with Crippen LogP contribution in [-0.2, 0) is 4.74 Å².